The average molecular weight is 907 g/mol. The van der Waals surface area contributed by atoms with E-state index in [0.29, 0.717) is 24.2 Å². The summed E-state index contributed by atoms with van der Waals surface area (Å²) in [5.41, 5.74) is 1.18. The molecule has 0 N–H and O–H groups in total. The zero-order valence-electron chi connectivity index (χ0n) is 40.6. The number of carbonyl (C=O) groups is 1. The quantitative estimate of drug-likeness (QED) is 0.0637. The van der Waals surface area contributed by atoms with Gasteiger partial charge in [0.15, 0.2) is 6.10 Å². The number of ether oxygens (including phenoxy) is 2. The number of rotatable bonds is 16. The van der Waals surface area contributed by atoms with Crippen LogP contribution in [0.2, 0.25) is 10.1 Å². The number of benzene rings is 4. The minimum Gasteiger partial charge on any atom is -0.455 e. The van der Waals surface area contributed by atoms with E-state index < -0.39 is 28.3 Å². The summed E-state index contributed by atoms with van der Waals surface area (Å²) in [5, 5.41) is 4.91. The lowest BCUT2D eigenvalue weighted by Crippen LogP contribution is -2.69. The molecule has 2 saturated heterocycles. The van der Waals surface area contributed by atoms with Gasteiger partial charge in [0.25, 0.3) is 16.6 Å². The van der Waals surface area contributed by atoms with Crippen LogP contribution in [0.25, 0.3) is 0 Å². The average Bonchev–Trinajstić information content (AvgIpc) is 3.84. The van der Waals surface area contributed by atoms with Crippen molar-refractivity contribution < 1.29 is 23.1 Å². The highest BCUT2D eigenvalue weighted by atomic mass is 28.4. The van der Waals surface area contributed by atoms with Crippen molar-refractivity contribution in [2.24, 2.45) is 29.1 Å². The molecule has 0 spiro atoms. The van der Waals surface area contributed by atoms with Gasteiger partial charge in [0.05, 0.1) is 12.2 Å². The van der Waals surface area contributed by atoms with Gasteiger partial charge in [-0.3, -0.25) is 4.79 Å². The molecule has 8 rings (SSSR count). The second kappa shape index (κ2) is 18.2. The third-order valence-electron chi connectivity index (χ3n) is 15.9. The molecule has 5 nitrogen and oxygen atoms in total. The van der Waals surface area contributed by atoms with Gasteiger partial charge in [-0.15, -0.1) is 6.58 Å². The standard InChI is InChI=1S/C58H74O5Si2/c1-12-43-36-42(37-44-38-45(44)40-60-64(55(4,5)6,46-26-18-14-19-27-46)47-28-20-15-21-29-47)34-35-50(43)53(61-41(3)59)58-39-51(54(62-58)57(10,11)52(58)13-2)63-65(56(7,8)9,48-30-22-16-23-31-48)49-32-24-17-25-33-49/h12-33,42,44-45,51-54H,1-2,34-40H2,3-11H3/t42?,44-,45+,51+,52+,53+,54+,58-/m1/s1. The summed E-state index contributed by atoms with van der Waals surface area (Å²) in [6.45, 7) is 29.8. The highest BCUT2D eigenvalue weighted by molar-refractivity contribution is 7.00. The molecule has 65 heavy (non-hydrogen) atoms. The fraction of sp³-hybridized carbons (Fsp3) is 0.466. The molecule has 2 heterocycles. The van der Waals surface area contributed by atoms with Gasteiger partial charge in [-0.25, -0.2) is 0 Å². The third kappa shape index (κ3) is 8.47. The van der Waals surface area contributed by atoms with Crippen LogP contribution in [0.3, 0.4) is 0 Å². The normalized spacial score (nSPS) is 27.0. The van der Waals surface area contributed by atoms with Crippen LogP contribution in [0.1, 0.15) is 101 Å². The molecule has 4 aliphatic rings. The fourth-order valence-corrected chi connectivity index (χ4v) is 22.2. The Labute approximate surface area is 393 Å². The molecular weight excluding hydrogens is 833 g/mol. The van der Waals surface area contributed by atoms with Crippen molar-refractivity contribution in [2.45, 2.75) is 135 Å². The smallest absolute Gasteiger partial charge is 0.303 e. The zero-order valence-corrected chi connectivity index (χ0v) is 42.6. The van der Waals surface area contributed by atoms with E-state index in [9.17, 15) is 4.79 Å². The molecule has 8 atom stereocenters. The van der Waals surface area contributed by atoms with Gasteiger partial charge in [0.2, 0.25) is 0 Å². The summed E-state index contributed by atoms with van der Waals surface area (Å²) in [5.74, 6) is 1.33. The van der Waals surface area contributed by atoms with Gasteiger partial charge in [0.1, 0.15) is 5.60 Å². The number of allylic oxidation sites excluding steroid dienone is 2. The van der Waals surface area contributed by atoms with Crippen molar-refractivity contribution >= 4 is 43.4 Å². The first kappa shape index (κ1) is 47.4. The van der Waals surface area contributed by atoms with Gasteiger partial charge in [0, 0.05) is 31.3 Å². The van der Waals surface area contributed by atoms with Crippen molar-refractivity contribution in [1.29, 1.82) is 0 Å². The molecular formula is C58H74O5Si2. The highest BCUT2D eigenvalue weighted by Gasteiger charge is 2.72. The second-order valence-corrected chi connectivity index (χ2v) is 30.9. The van der Waals surface area contributed by atoms with E-state index in [2.05, 4.69) is 196 Å². The van der Waals surface area contributed by atoms with E-state index in [4.69, 9.17) is 18.3 Å². The number of carbonyl (C=O) groups excluding carboxylic acids is 1. The third-order valence-corrected chi connectivity index (χ3v) is 26.0. The van der Waals surface area contributed by atoms with Gasteiger partial charge in [-0.2, -0.15) is 0 Å². The van der Waals surface area contributed by atoms with Crippen molar-refractivity contribution in [2.75, 3.05) is 6.61 Å². The molecule has 344 valence electrons. The molecule has 2 bridgehead atoms. The van der Waals surface area contributed by atoms with Gasteiger partial charge >= 0.3 is 5.97 Å². The van der Waals surface area contributed by atoms with Crippen LogP contribution in [-0.2, 0) is 23.1 Å². The summed E-state index contributed by atoms with van der Waals surface area (Å²) >= 11 is 0. The molecule has 2 aliphatic heterocycles. The molecule has 0 radical (unpaired) electrons. The van der Waals surface area contributed by atoms with Crippen molar-refractivity contribution in [1.82, 2.24) is 0 Å². The number of hydrogen-bond acceptors (Lipinski definition) is 5. The second-order valence-electron chi connectivity index (χ2n) is 22.4. The molecule has 0 aromatic heterocycles. The zero-order chi connectivity index (χ0) is 46.4. The van der Waals surface area contributed by atoms with Crippen molar-refractivity contribution in [3.63, 3.8) is 0 Å². The Morgan fingerprint density at radius 2 is 1.26 bits per heavy atom. The maximum atomic E-state index is 13.3. The number of fused-ring (bicyclic) bond motifs is 2. The highest BCUT2D eigenvalue weighted by Crippen LogP contribution is 2.63. The largest absolute Gasteiger partial charge is 0.455 e. The monoisotopic (exact) mass is 907 g/mol. The first-order valence-corrected chi connectivity index (χ1v) is 28.1. The molecule has 4 aromatic carbocycles. The predicted octanol–water partition coefficient (Wildman–Crippen LogP) is 11.1. The SMILES string of the molecule is C=CC1=C([C@H](OC(C)=O)[C@]23C[C@H](O[Si](c4ccccc4)(c4ccccc4)C(C)(C)C)[C@H](O2)C(C)(C)[C@@H]3C=C)CCC(C[C@@H]2C[C@H]2CO[Si](c2ccccc2)(c2ccccc2)C(C)(C)C)C1. The Kier molecular flexibility index (Phi) is 13.2. The Hall–Kier alpha value is -4.12. The minimum absolute atomic E-state index is 0.0444. The maximum Gasteiger partial charge on any atom is 0.303 e. The maximum absolute atomic E-state index is 13.3. The molecule has 3 fully saturated rings. The van der Waals surface area contributed by atoms with E-state index >= 15 is 0 Å². The van der Waals surface area contributed by atoms with E-state index in [-0.39, 0.29) is 39.6 Å². The van der Waals surface area contributed by atoms with Crippen LogP contribution in [0.5, 0.6) is 0 Å². The van der Waals surface area contributed by atoms with Gasteiger partial charge in [-0.1, -0.05) is 195 Å². The first-order chi connectivity index (χ1) is 30.9. The fourth-order valence-electron chi connectivity index (χ4n) is 12.9. The van der Waals surface area contributed by atoms with Crippen LogP contribution in [0.15, 0.2) is 158 Å². The summed E-state index contributed by atoms with van der Waals surface area (Å²) in [6.07, 6.45) is 8.82. The van der Waals surface area contributed by atoms with Crippen molar-refractivity contribution in [3.8, 4) is 0 Å². The van der Waals surface area contributed by atoms with E-state index in [1.165, 1.54) is 39.7 Å². The Morgan fingerprint density at radius 1 is 0.769 bits per heavy atom. The van der Waals surface area contributed by atoms with Gasteiger partial charge < -0.3 is 18.3 Å². The topological polar surface area (TPSA) is 54.0 Å². The van der Waals surface area contributed by atoms with Crippen LogP contribution >= 0.6 is 0 Å². The molecule has 1 unspecified atom stereocenters. The molecule has 1 saturated carbocycles. The van der Waals surface area contributed by atoms with Crippen LogP contribution in [0.4, 0.5) is 0 Å². The lowest BCUT2D eigenvalue weighted by Gasteiger charge is -2.50. The summed E-state index contributed by atoms with van der Waals surface area (Å²) in [4.78, 5) is 13.3. The summed E-state index contributed by atoms with van der Waals surface area (Å²) < 4.78 is 29.4. The predicted molar refractivity (Wildman–Crippen MR) is 272 cm³/mol. The van der Waals surface area contributed by atoms with E-state index in [0.717, 1.165) is 37.9 Å². The van der Waals surface area contributed by atoms with E-state index in [1.807, 2.05) is 6.08 Å². The molecule has 0 amide bonds. The first-order valence-electron chi connectivity index (χ1n) is 24.3. The lowest BCUT2D eigenvalue weighted by atomic mass is 9.59. The van der Waals surface area contributed by atoms with Crippen LogP contribution < -0.4 is 20.7 Å². The van der Waals surface area contributed by atoms with Gasteiger partial charge in [-0.05, 0) is 91.8 Å². The summed E-state index contributed by atoms with van der Waals surface area (Å²) in [7, 11) is -5.54. The molecule has 4 aromatic rings. The lowest BCUT2D eigenvalue weighted by molar-refractivity contribution is -0.161. The number of hydrogen-bond donors (Lipinski definition) is 0. The Balaban J connectivity index is 1.06. The summed E-state index contributed by atoms with van der Waals surface area (Å²) in [6, 6.07) is 43.7. The van der Waals surface area contributed by atoms with Crippen LogP contribution in [-0.4, -0.2) is 53.1 Å². The van der Waals surface area contributed by atoms with Crippen LogP contribution in [0, 0.1) is 29.1 Å². The minimum atomic E-state index is -2.94. The molecule has 2 aliphatic carbocycles. The van der Waals surface area contributed by atoms with E-state index in [1.54, 1.807) is 0 Å². The number of esters is 1. The Bertz CT molecular complexity index is 2250. The molecule has 7 heteroatoms. The Morgan fingerprint density at radius 3 is 1.71 bits per heavy atom. The van der Waals surface area contributed by atoms with Crippen molar-refractivity contribution in [3.05, 3.63) is 158 Å².